The van der Waals surface area contributed by atoms with Gasteiger partial charge < -0.3 is 5.32 Å². The van der Waals surface area contributed by atoms with Crippen molar-refractivity contribution in [3.05, 3.63) is 46.1 Å². The van der Waals surface area contributed by atoms with E-state index in [1.807, 2.05) is 0 Å². The van der Waals surface area contributed by atoms with Crippen molar-refractivity contribution in [2.75, 3.05) is 6.54 Å². The Bertz CT molecular complexity index is 670. The maximum absolute atomic E-state index is 12.0. The van der Waals surface area contributed by atoms with Crippen molar-refractivity contribution in [1.82, 2.24) is 10.3 Å². The number of carbonyl (C=O) groups excluding carboxylic acids is 1. The highest BCUT2D eigenvalue weighted by molar-refractivity contribution is 5.98. The molecule has 0 aliphatic heterocycles. The second-order valence-corrected chi connectivity index (χ2v) is 4.76. The lowest BCUT2D eigenvalue weighted by Gasteiger charge is -2.06. The molecule has 6 nitrogen and oxygen atoms in total. The second-order valence-electron chi connectivity index (χ2n) is 4.76. The minimum Gasteiger partial charge on any atom is -0.351 e. The molecule has 0 saturated heterocycles. The zero-order chi connectivity index (χ0) is 15.2. The quantitative estimate of drug-likeness (QED) is 0.502. The van der Waals surface area contributed by atoms with Crippen molar-refractivity contribution in [3.8, 4) is 0 Å². The van der Waals surface area contributed by atoms with Crippen molar-refractivity contribution in [2.24, 2.45) is 0 Å². The maximum atomic E-state index is 12.0. The lowest BCUT2D eigenvalue weighted by Crippen LogP contribution is -2.25. The summed E-state index contributed by atoms with van der Waals surface area (Å²) in [6.45, 7) is 2.63. The van der Waals surface area contributed by atoms with Crippen molar-refractivity contribution >= 4 is 22.5 Å². The molecule has 1 aromatic carbocycles. The number of aromatic nitrogens is 1. The number of hydrogen-bond acceptors (Lipinski definition) is 4. The molecule has 1 amide bonds. The minimum absolute atomic E-state index is 0.0805. The van der Waals surface area contributed by atoms with E-state index in [9.17, 15) is 14.9 Å². The summed E-state index contributed by atoms with van der Waals surface area (Å²) in [6.07, 6.45) is 2.99. The van der Waals surface area contributed by atoms with Crippen molar-refractivity contribution < 1.29 is 9.72 Å². The molecule has 110 valence electrons. The zero-order valence-electron chi connectivity index (χ0n) is 11.8. The normalized spacial score (nSPS) is 10.5. The molecule has 1 heterocycles. The van der Waals surface area contributed by atoms with Gasteiger partial charge >= 0.3 is 0 Å². The first-order chi connectivity index (χ1) is 10.1. The van der Waals surface area contributed by atoms with Gasteiger partial charge in [0, 0.05) is 12.6 Å². The predicted octanol–water partition coefficient (Wildman–Crippen LogP) is 3.06. The summed E-state index contributed by atoms with van der Waals surface area (Å²) >= 11 is 0. The summed E-state index contributed by atoms with van der Waals surface area (Å²) in [5, 5.41) is 14.3. The number of unbranched alkanes of at least 4 members (excludes halogenated alkanes) is 2. The van der Waals surface area contributed by atoms with Gasteiger partial charge in [0.05, 0.1) is 15.8 Å². The molecule has 2 aromatic rings. The Balaban J connectivity index is 2.28. The number of pyridine rings is 1. The molecular weight excluding hydrogens is 270 g/mol. The number of fused-ring (bicyclic) bond motifs is 1. The van der Waals surface area contributed by atoms with Crippen LogP contribution in [-0.2, 0) is 0 Å². The van der Waals surface area contributed by atoms with E-state index in [1.165, 1.54) is 6.07 Å². The van der Waals surface area contributed by atoms with Crippen LogP contribution in [0.15, 0.2) is 30.3 Å². The summed E-state index contributed by atoms with van der Waals surface area (Å²) in [5.74, 6) is -0.375. The fourth-order valence-corrected chi connectivity index (χ4v) is 2.09. The first kappa shape index (κ1) is 14.9. The number of rotatable bonds is 6. The summed E-state index contributed by atoms with van der Waals surface area (Å²) in [6, 6.07) is 7.97. The average molecular weight is 287 g/mol. The maximum Gasteiger partial charge on any atom is 0.281 e. The molecule has 0 aliphatic carbocycles. The fourth-order valence-electron chi connectivity index (χ4n) is 2.09. The Hall–Kier alpha value is -2.50. The summed E-state index contributed by atoms with van der Waals surface area (Å²) in [7, 11) is 0. The van der Waals surface area contributed by atoms with E-state index in [1.54, 1.807) is 24.3 Å². The molecule has 21 heavy (non-hydrogen) atoms. The third-order valence-electron chi connectivity index (χ3n) is 3.19. The molecule has 0 spiro atoms. The van der Waals surface area contributed by atoms with E-state index in [0.29, 0.717) is 17.4 Å². The smallest absolute Gasteiger partial charge is 0.281 e. The molecule has 1 N–H and O–H groups in total. The number of nitro groups is 1. The van der Waals surface area contributed by atoms with Gasteiger partial charge in [-0.2, -0.15) is 0 Å². The van der Waals surface area contributed by atoms with Crippen molar-refractivity contribution in [3.63, 3.8) is 0 Å². The van der Waals surface area contributed by atoms with Crippen LogP contribution in [0.25, 0.3) is 10.9 Å². The molecule has 0 saturated carbocycles. The van der Waals surface area contributed by atoms with E-state index >= 15 is 0 Å². The van der Waals surface area contributed by atoms with Gasteiger partial charge in [-0.25, -0.2) is 4.98 Å². The van der Waals surface area contributed by atoms with Gasteiger partial charge in [0.15, 0.2) is 0 Å². The van der Waals surface area contributed by atoms with Crippen LogP contribution in [0.4, 0.5) is 5.69 Å². The summed E-state index contributed by atoms with van der Waals surface area (Å²) < 4.78 is 0. The monoisotopic (exact) mass is 287 g/mol. The molecule has 1 aromatic heterocycles. The van der Waals surface area contributed by atoms with Gasteiger partial charge in [-0.1, -0.05) is 31.9 Å². The molecule has 0 radical (unpaired) electrons. The second kappa shape index (κ2) is 6.78. The third kappa shape index (κ3) is 3.53. The van der Waals surface area contributed by atoms with Crippen LogP contribution in [0.5, 0.6) is 0 Å². The van der Waals surface area contributed by atoms with Gasteiger partial charge in [0.25, 0.3) is 11.6 Å². The van der Waals surface area contributed by atoms with Gasteiger partial charge in [-0.05, 0) is 18.6 Å². The predicted molar refractivity (Wildman–Crippen MR) is 80.3 cm³/mol. The van der Waals surface area contributed by atoms with E-state index in [2.05, 4.69) is 17.2 Å². The highest BCUT2D eigenvalue weighted by Crippen LogP contribution is 2.24. The highest BCUT2D eigenvalue weighted by atomic mass is 16.6. The number of carbonyl (C=O) groups is 1. The number of para-hydroxylation sites is 1. The molecule has 0 atom stereocenters. The zero-order valence-corrected chi connectivity index (χ0v) is 11.8. The number of hydrogen-bond donors (Lipinski definition) is 1. The minimum atomic E-state index is -0.488. The Morgan fingerprint density at radius 1 is 1.33 bits per heavy atom. The van der Waals surface area contributed by atoms with Gasteiger partial charge in [0.2, 0.25) is 0 Å². The number of benzene rings is 1. The SMILES string of the molecule is CCCCCNC(=O)c1cc([N+](=O)[O-])c2ccccc2n1. The lowest BCUT2D eigenvalue weighted by atomic mass is 10.1. The molecule has 0 bridgehead atoms. The van der Waals surface area contributed by atoms with Crippen LogP contribution in [0.1, 0.15) is 36.7 Å². The Morgan fingerprint density at radius 2 is 2.10 bits per heavy atom. The van der Waals surface area contributed by atoms with Gasteiger partial charge in [0.1, 0.15) is 5.69 Å². The molecule has 6 heteroatoms. The molecule has 0 unspecified atom stereocenters. The van der Waals surface area contributed by atoms with Crippen LogP contribution in [0, 0.1) is 10.1 Å². The van der Waals surface area contributed by atoms with E-state index in [-0.39, 0.29) is 17.3 Å². The third-order valence-corrected chi connectivity index (χ3v) is 3.19. The first-order valence-electron chi connectivity index (χ1n) is 6.96. The number of amides is 1. The van der Waals surface area contributed by atoms with Crippen LogP contribution in [0.3, 0.4) is 0 Å². The molecule has 0 aliphatic rings. The standard InChI is InChI=1S/C15H17N3O3/c1-2-3-6-9-16-15(19)13-10-14(18(20)21)11-7-4-5-8-12(11)17-13/h4-5,7-8,10H,2-3,6,9H2,1H3,(H,16,19). The Morgan fingerprint density at radius 3 is 2.81 bits per heavy atom. The Kier molecular flexibility index (Phi) is 4.81. The van der Waals surface area contributed by atoms with Crippen molar-refractivity contribution in [1.29, 1.82) is 0 Å². The molecule has 0 fully saturated rings. The average Bonchev–Trinajstić information content (AvgIpc) is 2.50. The van der Waals surface area contributed by atoms with Crippen LogP contribution >= 0.6 is 0 Å². The van der Waals surface area contributed by atoms with Crippen LogP contribution in [-0.4, -0.2) is 22.4 Å². The number of nitrogens with zero attached hydrogens (tertiary/aromatic N) is 2. The fraction of sp³-hybridized carbons (Fsp3) is 0.333. The largest absolute Gasteiger partial charge is 0.351 e. The van der Waals surface area contributed by atoms with Gasteiger partial charge in [-0.15, -0.1) is 0 Å². The molecule has 2 rings (SSSR count). The Labute approximate surface area is 122 Å². The van der Waals surface area contributed by atoms with E-state index in [0.717, 1.165) is 19.3 Å². The first-order valence-corrected chi connectivity index (χ1v) is 6.96. The van der Waals surface area contributed by atoms with Crippen LogP contribution in [0.2, 0.25) is 0 Å². The van der Waals surface area contributed by atoms with E-state index in [4.69, 9.17) is 0 Å². The summed E-state index contributed by atoms with van der Waals surface area (Å²) in [4.78, 5) is 26.9. The van der Waals surface area contributed by atoms with Crippen molar-refractivity contribution in [2.45, 2.75) is 26.2 Å². The van der Waals surface area contributed by atoms with Gasteiger partial charge in [-0.3, -0.25) is 14.9 Å². The van der Waals surface area contributed by atoms with E-state index < -0.39 is 4.92 Å². The molecular formula is C15H17N3O3. The highest BCUT2D eigenvalue weighted by Gasteiger charge is 2.18. The number of nitrogens with one attached hydrogen (secondary N) is 1. The lowest BCUT2D eigenvalue weighted by molar-refractivity contribution is -0.383. The topological polar surface area (TPSA) is 85.1 Å². The summed E-state index contributed by atoms with van der Waals surface area (Å²) in [5.41, 5.74) is 0.432. The van der Waals surface area contributed by atoms with Crippen LogP contribution < -0.4 is 5.32 Å².